The summed E-state index contributed by atoms with van der Waals surface area (Å²) < 4.78 is 23.0. The smallest absolute Gasteiger partial charge is 0.361 e. The molecule has 9 heteroatoms. The first-order valence-electron chi connectivity index (χ1n) is 33.0. The number of carbonyl (C=O) groups is 3. The molecule has 0 heterocycles. The Balaban J connectivity index is 4.04. The number of carboxylic acid groups (broad SMARTS) is 1. The van der Waals surface area contributed by atoms with Crippen molar-refractivity contribution in [1.29, 1.82) is 0 Å². The molecule has 0 amide bonds. The first-order valence-corrected chi connectivity index (χ1v) is 33.0. The lowest BCUT2D eigenvalue weighted by Crippen LogP contribution is -2.40. The number of allylic oxidation sites excluding steroid dienone is 4. The van der Waals surface area contributed by atoms with Gasteiger partial charge in [-0.2, -0.15) is 0 Å². The molecule has 0 aromatic rings. The van der Waals surface area contributed by atoms with E-state index in [0.29, 0.717) is 17.4 Å². The number of esters is 2. The number of hydrogen-bond acceptors (Lipinski definition) is 7. The number of carboxylic acids is 1. The van der Waals surface area contributed by atoms with E-state index in [1.165, 1.54) is 257 Å². The maximum atomic E-state index is 12.9. The van der Waals surface area contributed by atoms with Crippen molar-refractivity contribution in [3.8, 4) is 0 Å². The number of ether oxygens (including phenoxy) is 4. The van der Waals surface area contributed by atoms with Gasteiger partial charge >= 0.3 is 17.9 Å². The highest BCUT2D eigenvalue weighted by atomic mass is 16.7. The zero-order valence-corrected chi connectivity index (χ0v) is 51.2. The molecule has 0 saturated heterocycles. The Morgan fingerprint density at radius 3 is 1.04 bits per heavy atom. The van der Waals surface area contributed by atoms with Crippen LogP contribution >= 0.6 is 0 Å². The Kier molecular flexibility index (Phi) is 57.2. The summed E-state index contributed by atoms with van der Waals surface area (Å²) in [5, 5.41) is 9.72. The summed E-state index contributed by atoms with van der Waals surface area (Å²) in [5.41, 5.74) is 0. The average molecular weight is 1080 g/mol. The Labute approximate surface area is 471 Å². The Morgan fingerprint density at radius 1 is 0.395 bits per heavy atom. The van der Waals surface area contributed by atoms with E-state index in [-0.39, 0.29) is 38.2 Å². The second kappa shape index (κ2) is 58.9. The molecular weight excluding hydrogens is 947 g/mol. The highest BCUT2D eigenvalue weighted by Crippen LogP contribution is 2.18. The van der Waals surface area contributed by atoms with Crippen molar-refractivity contribution in [2.45, 2.75) is 341 Å². The molecule has 0 bridgehead atoms. The molecule has 0 fully saturated rings. The third kappa shape index (κ3) is 59.4. The van der Waals surface area contributed by atoms with E-state index in [9.17, 15) is 19.5 Å². The maximum absolute atomic E-state index is 12.9. The van der Waals surface area contributed by atoms with Crippen LogP contribution in [-0.4, -0.2) is 87.4 Å². The molecule has 448 valence electrons. The van der Waals surface area contributed by atoms with Crippen molar-refractivity contribution >= 4 is 17.9 Å². The Morgan fingerprint density at radius 2 is 0.711 bits per heavy atom. The molecule has 0 aliphatic heterocycles. The second-order valence-corrected chi connectivity index (χ2v) is 23.8. The number of carbonyl (C=O) groups excluding carboxylic acids is 2. The van der Waals surface area contributed by atoms with Crippen LogP contribution in [-0.2, 0) is 33.3 Å². The SMILES string of the molecule is CCCCCCC/C=C\C/C=C\CCCCCCCCCCCCCCCCCCCCCCCC(=O)OC(COC(=O)CCCCCCCCCCCCCCCCCCCC)COC(OCC[N+](C)(C)C)C(=O)O. The van der Waals surface area contributed by atoms with E-state index in [2.05, 4.69) is 38.2 Å². The van der Waals surface area contributed by atoms with Gasteiger partial charge in [0, 0.05) is 12.8 Å². The average Bonchev–Trinajstić information content (AvgIpc) is 3.39. The Bertz CT molecular complexity index is 1300. The van der Waals surface area contributed by atoms with Crippen molar-refractivity contribution in [3.63, 3.8) is 0 Å². The fraction of sp³-hybridized carbons (Fsp3) is 0.896. The number of unbranched alkanes of at least 4 members (excludes halogenated alkanes) is 43. The van der Waals surface area contributed by atoms with Crippen molar-refractivity contribution in [2.24, 2.45) is 0 Å². The molecular formula is C67H128NO8+. The minimum absolute atomic E-state index is 0.174. The van der Waals surface area contributed by atoms with Gasteiger partial charge in [0.25, 0.3) is 6.29 Å². The predicted octanol–water partition coefficient (Wildman–Crippen LogP) is 19.9. The largest absolute Gasteiger partial charge is 0.477 e. The van der Waals surface area contributed by atoms with Crippen molar-refractivity contribution < 1.29 is 42.9 Å². The van der Waals surface area contributed by atoms with Crippen LogP contribution in [0.4, 0.5) is 0 Å². The van der Waals surface area contributed by atoms with Crippen LogP contribution in [0.5, 0.6) is 0 Å². The van der Waals surface area contributed by atoms with E-state index in [1.54, 1.807) is 0 Å². The minimum Gasteiger partial charge on any atom is -0.477 e. The zero-order valence-electron chi connectivity index (χ0n) is 51.2. The fourth-order valence-corrected chi connectivity index (χ4v) is 9.87. The first-order chi connectivity index (χ1) is 37.1. The minimum atomic E-state index is -1.51. The lowest BCUT2D eigenvalue weighted by Gasteiger charge is -2.25. The molecule has 0 aromatic carbocycles. The topological polar surface area (TPSA) is 108 Å². The molecule has 0 saturated carbocycles. The van der Waals surface area contributed by atoms with Gasteiger partial charge in [-0.3, -0.25) is 9.59 Å². The van der Waals surface area contributed by atoms with Crippen LogP contribution in [0.3, 0.4) is 0 Å². The van der Waals surface area contributed by atoms with E-state index < -0.39 is 18.4 Å². The van der Waals surface area contributed by atoms with Crippen LogP contribution in [0.15, 0.2) is 24.3 Å². The fourth-order valence-electron chi connectivity index (χ4n) is 9.87. The van der Waals surface area contributed by atoms with Gasteiger partial charge in [0.2, 0.25) is 0 Å². The summed E-state index contributed by atoms with van der Waals surface area (Å²) in [7, 11) is 5.99. The van der Waals surface area contributed by atoms with Crippen LogP contribution < -0.4 is 0 Å². The van der Waals surface area contributed by atoms with Gasteiger partial charge in [0.15, 0.2) is 6.10 Å². The molecule has 0 aromatic heterocycles. The highest BCUT2D eigenvalue weighted by Gasteiger charge is 2.25. The molecule has 2 unspecified atom stereocenters. The third-order valence-corrected chi connectivity index (χ3v) is 15.0. The van der Waals surface area contributed by atoms with Crippen LogP contribution in [0, 0.1) is 0 Å². The van der Waals surface area contributed by atoms with Gasteiger partial charge in [-0.25, -0.2) is 4.79 Å². The number of aliphatic carboxylic acids is 1. The summed E-state index contributed by atoms with van der Waals surface area (Å²) in [6, 6.07) is 0. The first kappa shape index (κ1) is 73.8. The highest BCUT2D eigenvalue weighted by molar-refractivity contribution is 5.71. The molecule has 0 aliphatic rings. The van der Waals surface area contributed by atoms with Gasteiger partial charge in [0.05, 0.1) is 34.4 Å². The molecule has 0 rings (SSSR count). The van der Waals surface area contributed by atoms with Gasteiger partial charge in [-0.1, -0.05) is 295 Å². The molecule has 0 aliphatic carbocycles. The van der Waals surface area contributed by atoms with Gasteiger partial charge in [0.1, 0.15) is 13.2 Å². The number of quaternary nitrogens is 1. The monoisotopic (exact) mass is 1070 g/mol. The van der Waals surface area contributed by atoms with E-state index in [1.807, 2.05) is 21.1 Å². The summed E-state index contributed by atoms with van der Waals surface area (Å²) in [6.45, 7) is 4.93. The molecule has 76 heavy (non-hydrogen) atoms. The third-order valence-electron chi connectivity index (χ3n) is 15.0. The normalized spacial score (nSPS) is 12.8. The van der Waals surface area contributed by atoms with E-state index in [4.69, 9.17) is 18.9 Å². The molecule has 9 nitrogen and oxygen atoms in total. The number of nitrogens with zero attached hydrogens (tertiary/aromatic N) is 1. The van der Waals surface area contributed by atoms with Gasteiger partial charge < -0.3 is 28.5 Å². The van der Waals surface area contributed by atoms with Gasteiger partial charge in [-0.15, -0.1) is 0 Å². The van der Waals surface area contributed by atoms with Crippen molar-refractivity contribution in [2.75, 3.05) is 47.5 Å². The standard InChI is InChI=1S/C67H127NO8/c1-6-8-10-12-14-16-18-20-22-24-26-27-28-29-30-31-32-33-34-35-36-37-38-39-40-42-44-46-48-50-52-54-56-58-65(70)76-63(62-75-67(66(71)72)73-60-59-68(3,4)5)61-74-64(69)57-55-53-51-49-47-45-43-41-25-23-21-19-17-15-13-11-9-7-2/h18,20,24,26,63,67H,6-17,19,21-23,25,27-62H2,1-5H3/p+1/b20-18-,26-24-. The van der Waals surface area contributed by atoms with E-state index in [0.717, 1.165) is 44.9 Å². The van der Waals surface area contributed by atoms with E-state index >= 15 is 0 Å². The number of rotatable bonds is 62. The predicted molar refractivity (Wildman–Crippen MR) is 323 cm³/mol. The second-order valence-electron chi connectivity index (χ2n) is 23.8. The van der Waals surface area contributed by atoms with Crippen LogP contribution in [0.2, 0.25) is 0 Å². The Hall–Kier alpha value is -2.23. The summed E-state index contributed by atoms with van der Waals surface area (Å²) >= 11 is 0. The summed E-state index contributed by atoms with van der Waals surface area (Å²) in [6.07, 6.45) is 68.5. The quantitative estimate of drug-likeness (QED) is 0.0211. The van der Waals surface area contributed by atoms with Crippen LogP contribution in [0.25, 0.3) is 0 Å². The van der Waals surface area contributed by atoms with Crippen LogP contribution in [0.1, 0.15) is 328 Å². The molecule has 0 spiro atoms. The van der Waals surface area contributed by atoms with Crippen molar-refractivity contribution in [3.05, 3.63) is 24.3 Å². The molecule has 2 atom stereocenters. The lowest BCUT2D eigenvalue weighted by atomic mass is 10.0. The van der Waals surface area contributed by atoms with Gasteiger partial charge in [-0.05, 0) is 44.9 Å². The van der Waals surface area contributed by atoms with Crippen molar-refractivity contribution in [1.82, 2.24) is 0 Å². The molecule has 1 N–H and O–H groups in total. The maximum Gasteiger partial charge on any atom is 0.361 e. The number of likely N-dealkylation sites (N-methyl/N-ethyl adjacent to an activating group) is 1. The summed E-state index contributed by atoms with van der Waals surface area (Å²) in [5.74, 6) is -1.98. The lowest BCUT2D eigenvalue weighted by molar-refractivity contribution is -0.870. The zero-order chi connectivity index (χ0) is 55.5. The summed E-state index contributed by atoms with van der Waals surface area (Å²) in [4.78, 5) is 37.5. The number of hydrogen-bond donors (Lipinski definition) is 1. The molecule has 0 radical (unpaired) electrons.